The summed E-state index contributed by atoms with van der Waals surface area (Å²) in [5.41, 5.74) is 3.87. The molecule has 0 aliphatic carbocycles. The number of hydrogen-bond acceptors (Lipinski definition) is 2. The second-order valence-corrected chi connectivity index (χ2v) is 6.92. The minimum absolute atomic E-state index is 0.00616. The molecule has 0 saturated carbocycles. The van der Waals surface area contributed by atoms with E-state index in [2.05, 4.69) is 17.4 Å². The first-order valence-electron chi connectivity index (χ1n) is 7.68. The second-order valence-electron chi connectivity index (χ2n) is 6.92. The normalized spacial score (nSPS) is 11.2. The summed E-state index contributed by atoms with van der Waals surface area (Å²) in [6.45, 7) is 14.2. The Bertz CT molecular complexity index is 548. The fraction of sp³-hybridized carbons (Fsp3) is 0.556. The van der Waals surface area contributed by atoms with Gasteiger partial charge in [0.2, 0.25) is 11.8 Å². The van der Waals surface area contributed by atoms with E-state index in [-0.39, 0.29) is 11.8 Å². The molecule has 2 amide bonds. The molecule has 1 aromatic carbocycles. The Kier molecular flexibility index (Phi) is 5.75. The zero-order chi connectivity index (χ0) is 17.1. The van der Waals surface area contributed by atoms with Crippen molar-refractivity contribution in [1.82, 2.24) is 5.32 Å². The standard InChI is InChI=1S/C18H28N2O2/c1-12-10-13(2)16(14(3)11-12)20(15(4)21)9-8-19-17(22)18(5,6)7/h10-11H,8-9H2,1-7H3,(H,19,22). The number of aryl methyl sites for hydroxylation is 3. The van der Waals surface area contributed by atoms with Crippen molar-refractivity contribution >= 4 is 17.5 Å². The summed E-state index contributed by atoms with van der Waals surface area (Å²) in [5, 5.41) is 2.90. The minimum atomic E-state index is -0.420. The summed E-state index contributed by atoms with van der Waals surface area (Å²) in [6.07, 6.45) is 0. The number of nitrogens with zero attached hydrogens (tertiary/aromatic N) is 1. The number of amides is 2. The number of hydrogen-bond donors (Lipinski definition) is 1. The minimum Gasteiger partial charge on any atom is -0.354 e. The number of carbonyl (C=O) groups excluding carboxylic acids is 2. The molecule has 1 N–H and O–H groups in total. The number of anilines is 1. The Labute approximate surface area is 133 Å². The van der Waals surface area contributed by atoms with E-state index in [1.807, 2.05) is 41.5 Å². The third kappa shape index (κ3) is 4.58. The maximum Gasteiger partial charge on any atom is 0.225 e. The molecule has 22 heavy (non-hydrogen) atoms. The number of carbonyl (C=O) groups is 2. The van der Waals surface area contributed by atoms with Crippen LogP contribution in [-0.2, 0) is 9.59 Å². The van der Waals surface area contributed by atoms with Gasteiger partial charge in [-0.1, -0.05) is 38.5 Å². The first kappa shape index (κ1) is 18.2. The van der Waals surface area contributed by atoms with Gasteiger partial charge in [-0.3, -0.25) is 9.59 Å². The molecule has 0 aliphatic heterocycles. The van der Waals surface area contributed by atoms with E-state index in [1.165, 1.54) is 5.56 Å². The van der Waals surface area contributed by atoms with Crippen LogP contribution in [-0.4, -0.2) is 24.9 Å². The van der Waals surface area contributed by atoms with E-state index >= 15 is 0 Å². The van der Waals surface area contributed by atoms with E-state index in [1.54, 1.807) is 11.8 Å². The van der Waals surface area contributed by atoms with Crippen LogP contribution in [0.1, 0.15) is 44.4 Å². The molecule has 0 aromatic heterocycles. The Balaban J connectivity index is 2.89. The molecule has 0 atom stereocenters. The lowest BCUT2D eigenvalue weighted by atomic mass is 9.96. The molecule has 0 heterocycles. The maximum absolute atomic E-state index is 12.0. The first-order chi connectivity index (χ1) is 10.0. The van der Waals surface area contributed by atoms with E-state index in [4.69, 9.17) is 0 Å². The van der Waals surface area contributed by atoms with Crippen molar-refractivity contribution in [3.8, 4) is 0 Å². The van der Waals surface area contributed by atoms with Crippen molar-refractivity contribution < 1.29 is 9.59 Å². The van der Waals surface area contributed by atoms with Gasteiger partial charge in [-0.25, -0.2) is 0 Å². The number of rotatable bonds is 4. The first-order valence-corrected chi connectivity index (χ1v) is 7.68. The zero-order valence-corrected chi connectivity index (χ0v) is 14.8. The zero-order valence-electron chi connectivity index (χ0n) is 14.8. The highest BCUT2D eigenvalue weighted by molar-refractivity contribution is 5.93. The van der Waals surface area contributed by atoms with Crippen molar-refractivity contribution in [1.29, 1.82) is 0 Å². The third-order valence-corrected chi connectivity index (χ3v) is 3.59. The van der Waals surface area contributed by atoms with Crippen LogP contribution in [0.4, 0.5) is 5.69 Å². The predicted octanol–water partition coefficient (Wildman–Crippen LogP) is 3.13. The fourth-order valence-corrected chi connectivity index (χ4v) is 2.57. The van der Waals surface area contributed by atoms with Crippen molar-refractivity contribution in [3.63, 3.8) is 0 Å². The van der Waals surface area contributed by atoms with Crippen LogP contribution in [0.15, 0.2) is 12.1 Å². The molecule has 122 valence electrons. The Morgan fingerprint density at radius 2 is 1.59 bits per heavy atom. The number of nitrogens with one attached hydrogen (secondary N) is 1. The van der Waals surface area contributed by atoms with Crippen LogP contribution < -0.4 is 10.2 Å². The Hall–Kier alpha value is -1.84. The van der Waals surface area contributed by atoms with Gasteiger partial charge in [0.1, 0.15) is 0 Å². The van der Waals surface area contributed by atoms with Gasteiger partial charge >= 0.3 is 0 Å². The van der Waals surface area contributed by atoms with Crippen LogP contribution in [0.2, 0.25) is 0 Å². The van der Waals surface area contributed by atoms with Gasteiger partial charge in [0, 0.05) is 31.1 Å². The lowest BCUT2D eigenvalue weighted by Gasteiger charge is -2.26. The molecule has 1 aromatic rings. The van der Waals surface area contributed by atoms with Gasteiger partial charge in [0.05, 0.1) is 0 Å². The van der Waals surface area contributed by atoms with Gasteiger partial charge in [-0.05, 0) is 31.9 Å². The maximum atomic E-state index is 12.0. The summed E-state index contributed by atoms with van der Waals surface area (Å²) in [7, 11) is 0. The van der Waals surface area contributed by atoms with Crippen molar-refractivity contribution in [2.24, 2.45) is 5.41 Å². The highest BCUT2D eigenvalue weighted by atomic mass is 16.2. The summed E-state index contributed by atoms with van der Waals surface area (Å²) >= 11 is 0. The van der Waals surface area contributed by atoms with Gasteiger partial charge in [-0.15, -0.1) is 0 Å². The van der Waals surface area contributed by atoms with E-state index < -0.39 is 5.41 Å². The molecular formula is C18H28N2O2. The molecular weight excluding hydrogens is 276 g/mol. The number of benzene rings is 1. The fourth-order valence-electron chi connectivity index (χ4n) is 2.57. The largest absolute Gasteiger partial charge is 0.354 e. The summed E-state index contributed by atoms with van der Waals surface area (Å²) < 4.78 is 0. The van der Waals surface area contributed by atoms with E-state index in [0.717, 1.165) is 16.8 Å². The molecule has 0 radical (unpaired) electrons. The Morgan fingerprint density at radius 3 is 2.00 bits per heavy atom. The van der Waals surface area contributed by atoms with Gasteiger partial charge in [-0.2, -0.15) is 0 Å². The monoisotopic (exact) mass is 304 g/mol. The van der Waals surface area contributed by atoms with Gasteiger partial charge < -0.3 is 10.2 Å². The second kappa shape index (κ2) is 6.95. The smallest absolute Gasteiger partial charge is 0.225 e. The van der Waals surface area contributed by atoms with Gasteiger partial charge in [0.25, 0.3) is 0 Å². The van der Waals surface area contributed by atoms with Gasteiger partial charge in [0.15, 0.2) is 0 Å². The summed E-state index contributed by atoms with van der Waals surface area (Å²) in [5.74, 6) is -0.0200. The summed E-state index contributed by atoms with van der Waals surface area (Å²) in [6, 6.07) is 4.15. The van der Waals surface area contributed by atoms with Crippen LogP contribution in [0.25, 0.3) is 0 Å². The van der Waals surface area contributed by atoms with Crippen LogP contribution in [0.5, 0.6) is 0 Å². The average Bonchev–Trinajstić information content (AvgIpc) is 2.33. The third-order valence-electron chi connectivity index (χ3n) is 3.59. The van der Waals surface area contributed by atoms with Crippen molar-refractivity contribution in [2.45, 2.75) is 48.5 Å². The molecule has 0 spiro atoms. The van der Waals surface area contributed by atoms with Crippen LogP contribution >= 0.6 is 0 Å². The molecule has 0 aliphatic rings. The lowest BCUT2D eigenvalue weighted by molar-refractivity contribution is -0.128. The molecule has 1 rings (SSSR count). The van der Waals surface area contributed by atoms with Crippen LogP contribution in [0, 0.1) is 26.2 Å². The SMILES string of the molecule is CC(=O)N(CCNC(=O)C(C)(C)C)c1c(C)cc(C)cc1C. The predicted molar refractivity (Wildman–Crippen MR) is 91.1 cm³/mol. The van der Waals surface area contributed by atoms with E-state index in [0.29, 0.717) is 13.1 Å². The topological polar surface area (TPSA) is 49.4 Å². The molecule has 4 nitrogen and oxygen atoms in total. The lowest BCUT2D eigenvalue weighted by Crippen LogP contribution is -2.41. The molecule has 0 fully saturated rings. The summed E-state index contributed by atoms with van der Waals surface area (Å²) in [4.78, 5) is 25.7. The van der Waals surface area contributed by atoms with Crippen molar-refractivity contribution in [2.75, 3.05) is 18.0 Å². The molecule has 4 heteroatoms. The molecule has 0 saturated heterocycles. The van der Waals surface area contributed by atoms with Crippen LogP contribution in [0.3, 0.4) is 0 Å². The van der Waals surface area contributed by atoms with E-state index in [9.17, 15) is 9.59 Å². The molecule has 0 unspecified atom stereocenters. The molecule has 0 bridgehead atoms. The quantitative estimate of drug-likeness (QED) is 0.929. The highest BCUT2D eigenvalue weighted by Gasteiger charge is 2.22. The Morgan fingerprint density at radius 1 is 1.09 bits per heavy atom. The average molecular weight is 304 g/mol. The highest BCUT2D eigenvalue weighted by Crippen LogP contribution is 2.26. The van der Waals surface area contributed by atoms with Crippen molar-refractivity contribution in [3.05, 3.63) is 28.8 Å².